The smallest absolute Gasteiger partial charge is 0.220 e. The predicted molar refractivity (Wildman–Crippen MR) is 125 cm³/mol. The molecule has 5 heteroatoms. The van der Waals surface area contributed by atoms with Gasteiger partial charge in [0.25, 0.3) is 0 Å². The summed E-state index contributed by atoms with van der Waals surface area (Å²) in [7, 11) is 7.96. The summed E-state index contributed by atoms with van der Waals surface area (Å²) >= 11 is 0. The van der Waals surface area contributed by atoms with Gasteiger partial charge in [-0.15, -0.1) is 0 Å². The summed E-state index contributed by atoms with van der Waals surface area (Å²) in [5.74, 6) is -0.0360. The van der Waals surface area contributed by atoms with E-state index in [1.807, 2.05) is 98.7 Å². The molecule has 0 aromatic heterocycles. The lowest BCUT2D eigenvalue weighted by molar-refractivity contribution is -0.129. The van der Waals surface area contributed by atoms with E-state index in [9.17, 15) is 9.59 Å². The van der Waals surface area contributed by atoms with Gasteiger partial charge in [0.2, 0.25) is 5.91 Å². The van der Waals surface area contributed by atoms with Crippen LogP contribution in [0.4, 0.5) is 11.4 Å². The Morgan fingerprint density at radius 3 is 1.43 bits per heavy atom. The fourth-order valence-electron chi connectivity index (χ4n) is 3.40. The van der Waals surface area contributed by atoms with Crippen LogP contribution in [-0.4, -0.2) is 57.9 Å². The van der Waals surface area contributed by atoms with E-state index >= 15 is 0 Å². The summed E-state index contributed by atoms with van der Waals surface area (Å²) in [6.07, 6.45) is 3.78. The zero-order valence-electron chi connectivity index (χ0n) is 18.3. The second-order valence-corrected chi connectivity index (χ2v) is 8.02. The van der Waals surface area contributed by atoms with Gasteiger partial charge in [0, 0.05) is 70.7 Å². The number of hydrogen-bond donors (Lipinski definition) is 0. The summed E-state index contributed by atoms with van der Waals surface area (Å²) in [6.45, 7) is 2.21. The minimum atomic E-state index is -0.0368. The van der Waals surface area contributed by atoms with E-state index in [4.69, 9.17) is 0 Å². The molecule has 1 heterocycles. The average Bonchev–Trinajstić information content (AvgIpc) is 2.71. The molecule has 0 N–H and O–H groups in total. The van der Waals surface area contributed by atoms with E-state index in [1.165, 1.54) is 0 Å². The number of likely N-dealkylation sites (tertiary alicyclic amines) is 1. The lowest BCUT2D eigenvalue weighted by Gasteiger charge is -2.29. The summed E-state index contributed by atoms with van der Waals surface area (Å²) in [5.41, 5.74) is 5.35. The molecule has 0 atom stereocenters. The molecule has 1 fully saturated rings. The van der Waals surface area contributed by atoms with Crippen LogP contribution in [0.3, 0.4) is 0 Å². The number of piperidine rings is 1. The zero-order chi connectivity index (χ0) is 21.8. The van der Waals surface area contributed by atoms with Crippen molar-refractivity contribution in [2.45, 2.75) is 6.92 Å². The van der Waals surface area contributed by atoms with E-state index in [0.717, 1.165) is 22.5 Å². The van der Waals surface area contributed by atoms with Crippen molar-refractivity contribution in [1.82, 2.24) is 4.90 Å². The molecule has 0 unspecified atom stereocenters. The van der Waals surface area contributed by atoms with Crippen LogP contribution in [-0.2, 0) is 9.59 Å². The maximum absolute atomic E-state index is 13.2. The van der Waals surface area contributed by atoms with E-state index in [1.54, 1.807) is 11.8 Å². The molecule has 0 saturated carbocycles. The molecule has 0 radical (unpaired) electrons. The number of ketones is 1. The van der Waals surface area contributed by atoms with Crippen LogP contribution in [0.25, 0.3) is 12.2 Å². The first-order valence-corrected chi connectivity index (χ1v) is 10.0. The van der Waals surface area contributed by atoms with Gasteiger partial charge in [-0.25, -0.2) is 0 Å². The molecule has 5 nitrogen and oxygen atoms in total. The molecule has 1 saturated heterocycles. The molecule has 3 rings (SSSR count). The SMILES string of the molecule is CC(=O)N1C/C(=C/c2ccc(N(C)C)cc2)C(=O)/C(=C\c2ccc(N(C)C)cc2)C1. The third-order valence-electron chi connectivity index (χ3n) is 5.25. The largest absolute Gasteiger partial charge is 0.378 e. The van der Waals surface area contributed by atoms with E-state index < -0.39 is 0 Å². The molecule has 1 amide bonds. The second-order valence-electron chi connectivity index (χ2n) is 8.02. The van der Waals surface area contributed by atoms with Crippen molar-refractivity contribution in [2.24, 2.45) is 0 Å². The van der Waals surface area contributed by atoms with Crippen LogP contribution in [0.2, 0.25) is 0 Å². The number of amides is 1. The van der Waals surface area contributed by atoms with Crippen molar-refractivity contribution in [3.8, 4) is 0 Å². The van der Waals surface area contributed by atoms with Gasteiger partial charge in [-0.2, -0.15) is 0 Å². The molecule has 30 heavy (non-hydrogen) atoms. The molecule has 0 bridgehead atoms. The number of anilines is 2. The Morgan fingerprint density at radius 1 is 0.767 bits per heavy atom. The monoisotopic (exact) mass is 403 g/mol. The molecule has 2 aromatic rings. The van der Waals surface area contributed by atoms with Crippen LogP contribution >= 0.6 is 0 Å². The highest BCUT2D eigenvalue weighted by molar-refractivity contribution is 6.15. The molecule has 1 aliphatic heterocycles. The molecular weight excluding hydrogens is 374 g/mol. The highest BCUT2D eigenvalue weighted by Crippen LogP contribution is 2.24. The number of carbonyl (C=O) groups excluding carboxylic acids is 2. The fourth-order valence-corrected chi connectivity index (χ4v) is 3.40. The summed E-state index contributed by atoms with van der Waals surface area (Å²) < 4.78 is 0. The third kappa shape index (κ3) is 4.98. The van der Waals surface area contributed by atoms with Crippen LogP contribution in [0.5, 0.6) is 0 Å². The average molecular weight is 404 g/mol. The van der Waals surface area contributed by atoms with Crippen molar-refractivity contribution in [1.29, 1.82) is 0 Å². The van der Waals surface area contributed by atoms with Gasteiger partial charge in [-0.3, -0.25) is 9.59 Å². The van der Waals surface area contributed by atoms with Crippen LogP contribution < -0.4 is 9.80 Å². The van der Waals surface area contributed by atoms with Crippen molar-refractivity contribution in [2.75, 3.05) is 51.1 Å². The fraction of sp³-hybridized carbons (Fsp3) is 0.280. The van der Waals surface area contributed by atoms with Crippen LogP contribution in [0, 0.1) is 0 Å². The van der Waals surface area contributed by atoms with Crippen molar-refractivity contribution in [3.05, 3.63) is 70.8 Å². The third-order valence-corrected chi connectivity index (χ3v) is 5.25. The lowest BCUT2D eigenvalue weighted by Crippen LogP contribution is -2.40. The van der Waals surface area contributed by atoms with Crippen molar-refractivity contribution >= 4 is 35.2 Å². The molecular formula is C25H29N3O2. The summed E-state index contributed by atoms with van der Waals surface area (Å²) in [6, 6.07) is 16.0. The Kier molecular flexibility index (Phi) is 6.40. The Hall–Kier alpha value is -3.34. The maximum atomic E-state index is 13.2. The Bertz CT molecular complexity index is 911. The standard InChI is InChI=1S/C25H29N3O2/c1-18(29)28-16-21(14-19-6-10-23(11-7-19)26(2)3)25(30)22(17-28)15-20-8-12-24(13-9-20)27(4)5/h6-15H,16-17H2,1-5H3/b21-14-,22-15-. The van der Waals surface area contributed by atoms with Gasteiger partial charge < -0.3 is 14.7 Å². The van der Waals surface area contributed by atoms with Crippen molar-refractivity contribution < 1.29 is 9.59 Å². The zero-order valence-corrected chi connectivity index (χ0v) is 18.3. The summed E-state index contributed by atoms with van der Waals surface area (Å²) in [4.78, 5) is 31.0. The number of rotatable bonds is 4. The molecule has 1 aliphatic rings. The maximum Gasteiger partial charge on any atom is 0.220 e. The summed E-state index contributed by atoms with van der Waals surface area (Å²) in [5, 5.41) is 0. The predicted octanol–water partition coefficient (Wildman–Crippen LogP) is 3.72. The molecule has 0 spiro atoms. The lowest BCUT2D eigenvalue weighted by atomic mass is 9.94. The van der Waals surface area contributed by atoms with Gasteiger partial charge in [0.1, 0.15) is 0 Å². The first kappa shape index (κ1) is 21.4. The minimum Gasteiger partial charge on any atom is -0.378 e. The number of carbonyl (C=O) groups is 2. The van der Waals surface area contributed by atoms with E-state index in [0.29, 0.717) is 24.2 Å². The Morgan fingerprint density at radius 2 is 1.13 bits per heavy atom. The number of benzene rings is 2. The quantitative estimate of drug-likeness (QED) is 0.730. The highest BCUT2D eigenvalue weighted by Gasteiger charge is 2.27. The van der Waals surface area contributed by atoms with Gasteiger partial charge in [-0.1, -0.05) is 24.3 Å². The van der Waals surface area contributed by atoms with E-state index in [2.05, 4.69) is 0 Å². The molecule has 156 valence electrons. The molecule has 2 aromatic carbocycles. The number of nitrogens with zero attached hydrogens (tertiary/aromatic N) is 3. The second kappa shape index (κ2) is 8.99. The van der Waals surface area contributed by atoms with Gasteiger partial charge in [0.05, 0.1) is 0 Å². The van der Waals surface area contributed by atoms with Crippen LogP contribution in [0.1, 0.15) is 18.1 Å². The van der Waals surface area contributed by atoms with Gasteiger partial charge in [-0.05, 0) is 47.5 Å². The molecule has 0 aliphatic carbocycles. The van der Waals surface area contributed by atoms with Gasteiger partial charge >= 0.3 is 0 Å². The van der Waals surface area contributed by atoms with Gasteiger partial charge in [0.15, 0.2) is 5.78 Å². The Labute approximate surface area is 178 Å². The Balaban J connectivity index is 1.92. The van der Waals surface area contributed by atoms with Crippen molar-refractivity contribution in [3.63, 3.8) is 0 Å². The van der Waals surface area contributed by atoms with Crippen LogP contribution in [0.15, 0.2) is 59.7 Å². The number of hydrogen-bond acceptors (Lipinski definition) is 4. The highest BCUT2D eigenvalue weighted by atomic mass is 16.2. The first-order valence-electron chi connectivity index (χ1n) is 10.0. The van der Waals surface area contributed by atoms with E-state index in [-0.39, 0.29) is 11.7 Å². The minimum absolute atomic E-state index is 0.000808. The topological polar surface area (TPSA) is 43.9 Å². The normalized spacial score (nSPS) is 16.8. The first-order chi connectivity index (χ1) is 14.2. The number of Topliss-reactive ketones (excluding diaryl/α,β-unsaturated/α-hetero) is 1.